The summed E-state index contributed by atoms with van der Waals surface area (Å²) in [6, 6.07) is 0. The third-order valence-electron chi connectivity index (χ3n) is 5.00. The van der Waals surface area contributed by atoms with E-state index >= 15 is 0 Å². The van der Waals surface area contributed by atoms with Crippen molar-refractivity contribution in [2.45, 2.75) is 94.3 Å². The zero-order chi connectivity index (χ0) is 18.2. The van der Waals surface area contributed by atoms with E-state index in [-0.39, 0.29) is 5.41 Å². The lowest BCUT2D eigenvalue weighted by atomic mass is 9.33. The molecule has 0 heterocycles. The van der Waals surface area contributed by atoms with Crippen molar-refractivity contribution in [3.63, 3.8) is 0 Å². The smallest absolute Gasteiger partial charge is 0.148 e. The fourth-order valence-electron chi connectivity index (χ4n) is 2.65. The molecule has 0 saturated carbocycles. The van der Waals surface area contributed by atoms with Crippen LogP contribution < -0.4 is 0 Å². The van der Waals surface area contributed by atoms with E-state index < -0.39 is 0 Å². The maximum atomic E-state index is 3.69. The van der Waals surface area contributed by atoms with E-state index in [1.165, 1.54) is 19.3 Å². The molecule has 132 valence electrons. The number of rotatable bonds is 8. The van der Waals surface area contributed by atoms with Gasteiger partial charge in [-0.1, -0.05) is 72.9 Å². The van der Waals surface area contributed by atoms with Crippen molar-refractivity contribution in [1.82, 2.24) is 0 Å². The lowest BCUT2D eigenvalue weighted by Gasteiger charge is -2.29. The maximum Gasteiger partial charge on any atom is 0.262 e. The standard InChI is InChI=1S/C22H41B/c1-11-12-13-14-21(19(6)17(2)3)23(20(7)18(4)5)16-15-22(8,9)10/h14,17-20H,11-13H2,1-10H3/b21-14-. The molecule has 0 aliphatic rings. The minimum atomic E-state index is 0.0740. The Morgan fingerprint density at radius 1 is 1.00 bits per heavy atom. The van der Waals surface area contributed by atoms with Gasteiger partial charge in [-0.25, -0.2) is 0 Å². The van der Waals surface area contributed by atoms with Gasteiger partial charge in [-0.2, -0.15) is 0 Å². The molecule has 0 fully saturated rings. The second-order valence-electron chi connectivity index (χ2n) is 8.98. The molecule has 0 rings (SSSR count). The average Bonchev–Trinajstić information content (AvgIpc) is 2.43. The van der Waals surface area contributed by atoms with E-state index in [1.807, 2.05) is 0 Å². The van der Waals surface area contributed by atoms with Gasteiger partial charge in [-0.15, -0.1) is 11.7 Å². The third kappa shape index (κ3) is 8.69. The van der Waals surface area contributed by atoms with Crippen LogP contribution in [0.5, 0.6) is 0 Å². The predicted octanol–water partition coefficient (Wildman–Crippen LogP) is 7.06. The summed E-state index contributed by atoms with van der Waals surface area (Å²) in [5.74, 6) is 9.74. The Morgan fingerprint density at radius 2 is 1.57 bits per heavy atom. The summed E-state index contributed by atoms with van der Waals surface area (Å²) in [5.41, 5.74) is 1.66. The summed E-state index contributed by atoms with van der Waals surface area (Å²) >= 11 is 0. The minimum Gasteiger partial charge on any atom is -0.148 e. The summed E-state index contributed by atoms with van der Waals surface area (Å²) < 4.78 is 0. The molecule has 0 aliphatic heterocycles. The molecule has 2 atom stereocenters. The molecule has 0 N–H and O–H groups in total. The lowest BCUT2D eigenvalue weighted by molar-refractivity contribution is 0.489. The van der Waals surface area contributed by atoms with Gasteiger partial charge in [0, 0.05) is 5.41 Å². The van der Waals surface area contributed by atoms with Crippen LogP contribution in [-0.4, -0.2) is 6.71 Å². The van der Waals surface area contributed by atoms with Gasteiger partial charge < -0.3 is 0 Å². The van der Waals surface area contributed by atoms with Gasteiger partial charge in [0.1, 0.15) is 0 Å². The number of unbranched alkanes of at least 4 members (excludes halogenated alkanes) is 2. The second kappa shape index (κ2) is 10.3. The largest absolute Gasteiger partial charge is 0.262 e. The van der Waals surface area contributed by atoms with Gasteiger partial charge >= 0.3 is 0 Å². The number of allylic oxidation sites excluding steroid dienone is 2. The highest BCUT2D eigenvalue weighted by Crippen LogP contribution is 2.32. The molecule has 0 radical (unpaired) electrons. The van der Waals surface area contributed by atoms with Crippen molar-refractivity contribution in [3.05, 3.63) is 11.5 Å². The van der Waals surface area contributed by atoms with Crippen LogP contribution in [0.2, 0.25) is 5.82 Å². The monoisotopic (exact) mass is 316 g/mol. The molecule has 0 amide bonds. The average molecular weight is 316 g/mol. The van der Waals surface area contributed by atoms with E-state index in [9.17, 15) is 0 Å². The SMILES string of the molecule is CCCC/C=C(\B(C#CC(C)(C)C)C(C)C(C)C)C(C)C(C)C. The zero-order valence-corrected chi connectivity index (χ0v) is 17.6. The summed E-state index contributed by atoms with van der Waals surface area (Å²) in [4.78, 5) is 0. The molecule has 0 saturated heterocycles. The fourth-order valence-corrected chi connectivity index (χ4v) is 2.65. The predicted molar refractivity (Wildman–Crippen MR) is 109 cm³/mol. The molecule has 0 spiro atoms. The van der Waals surface area contributed by atoms with Crippen molar-refractivity contribution >= 4 is 6.71 Å². The van der Waals surface area contributed by atoms with Gasteiger partial charge in [-0.3, -0.25) is 0 Å². The maximum absolute atomic E-state index is 3.69. The van der Waals surface area contributed by atoms with E-state index in [2.05, 4.69) is 87.1 Å². The van der Waals surface area contributed by atoms with Gasteiger partial charge in [0.15, 0.2) is 0 Å². The van der Waals surface area contributed by atoms with E-state index in [0.29, 0.717) is 30.3 Å². The van der Waals surface area contributed by atoms with Crippen molar-refractivity contribution < 1.29 is 0 Å². The third-order valence-corrected chi connectivity index (χ3v) is 5.00. The summed E-state index contributed by atoms with van der Waals surface area (Å²) in [5, 5.41) is 0. The first kappa shape index (κ1) is 22.4. The van der Waals surface area contributed by atoms with E-state index in [4.69, 9.17) is 0 Å². The first-order valence-electron chi connectivity index (χ1n) is 9.73. The van der Waals surface area contributed by atoms with Crippen molar-refractivity contribution in [2.24, 2.45) is 23.2 Å². The van der Waals surface area contributed by atoms with Gasteiger partial charge in [-0.05, 0) is 50.8 Å². The lowest BCUT2D eigenvalue weighted by Crippen LogP contribution is -2.30. The molecule has 1 heteroatoms. The summed E-state index contributed by atoms with van der Waals surface area (Å²) in [6.45, 7) is 23.4. The van der Waals surface area contributed by atoms with E-state index in [0.717, 1.165) is 0 Å². The molecule has 2 unspecified atom stereocenters. The van der Waals surface area contributed by atoms with Gasteiger partial charge in [0.2, 0.25) is 0 Å². The Balaban J connectivity index is 5.77. The topological polar surface area (TPSA) is 0 Å². The van der Waals surface area contributed by atoms with Crippen LogP contribution >= 0.6 is 0 Å². The van der Waals surface area contributed by atoms with Crippen LogP contribution in [0.4, 0.5) is 0 Å². The Kier molecular flexibility index (Phi) is 9.99. The zero-order valence-electron chi connectivity index (χ0n) is 17.6. The number of hydrogen-bond donors (Lipinski definition) is 0. The Bertz CT molecular complexity index is 411. The normalized spacial score (nSPS) is 15.4. The molecule has 23 heavy (non-hydrogen) atoms. The Labute approximate surface area is 148 Å². The van der Waals surface area contributed by atoms with Crippen LogP contribution in [0, 0.1) is 34.9 Å². The molecule has 0 aromatic carbocycles. The van der Waals surface area contributed by atoms with Gasteiger partial charge in [0.25, 0.3) is 6.71 Å². The van der Waals surface area contributed by atoms with Crippen LogP contribution in [0.1, 0.15) is 88.5 Å². The molecule has 0 nitrogen and oxygen atoms in total. The molecular formula is C22H41B. The minimum absolute atomic E-state index is 0.0740. The van der Waals surface area contributed by atoms with Crippen LogP contribution in [-0.2, 0) is 0 Å². The fraction of sp³-hybridized carbons (Fsp3) is 0.818. The highest BCUT2D eigenvalue weighted by molar-refractivity contribution is 6.76. The first-order chi connectivity index (χ1) is 10.5. The van der Waals surface area contributed by atoms with Crippen molar-refractivity contribution in [3.8, 4) is 11.7 Å². The molecular weight excluding hydrogens is 275 g/mol. The van der Waals surface area contributed by atoms with Crippen molar-refractivity contribution in [2.75, 3.05) is 0 Å². The Morgan fingerprint density at radius 3 is 1.96 bits per heavy atom. The summed E-state index contributed by atoms with van der Waals surface area (Å²) in [7, 11) is 0. The van der Waals surface area contributed by atoms with Crippen molar-refractivity contribution in [1.29, 1.82) is 0 Å². The highest BCUT2D eigenvalue weighted by Gasteiger charge is 2.30. The quantitative estimate of drug-likeness (QED) is 0.255. The highest BCUT2D eigenvalue weighted by atomic mass is 14.2. The number of hydrogen-bond acceptors (Lipinski definition) is 0. The Hall–Kier alpha value is -0.635. The first-order valence-corrected chi connectivity index (χ1v) is 9.73. The molecule has 0 aromatic heterocycles. The van der Waals surface area contributed by atoms with E-state index in [1.54, 1.807) is 5.47 Å². The molecule has 0 bridgehead atoms. The van der Waals surface area contributed by atoms with Crippen LogP contribution in [0.25, 0.3) is 0 Å². The molecule has 0 aliphatic carbocycles. The van der Waals surface area contributed by atoms with Crippen LogP contribution in [0.3, 0.4) is 0 Å². The van der Waals surface area contributed by atoms with Crippen LogP contribution in [0.15, 0.2) is 11.5 Å². The molecule has 0 aromatic rings. The second-order valence-corrected chi connectivity index (χ2v) is 8.98. The summed E-state index contributed by atoms with van der Waals surface area (Å²) in [6.07, 6.45) is 6.26. The van der Waals surface area contributed by atoms with Gasteiger partial charge in [0.05, 0.1) is 0 Å².